The van der Waals surface area contributed by atoms with Crippen LogP contribution < -0.4 is 9.45 Å². The molecule has 0 bridgehead atoms. The monoisotopic (exact) mass is 491 g/mol. The molecule has 0 amide bonds. The van der Waals surface area contributed by atoms with E-state index in [-0.39, 0.29) is 16.3 Å². The topological polar surface area (TPSA) is 103 Å². The van der Waals surface area contributed by atoms with Crippen molar-refractivity contribution in [3.63, 3.8) is 0 Å². The van der Waals surface area contributed by atoms with E-state index in [0.29, 0.717) is 10.8 Å². The third kappa shape index (κ3) is 5.06. The number of pyridine rings is 2. The highest BCUT2D eigenvalue weighted by Crippen LogP contribution is 2.36. The molecule has 0 aliphatic rings. The van der Waals surface area contributed by atoms with E-state index >= 15 is 0 Å². The molecule has 31 heavy (non-hydrogen) atoms. The summed E-state index contributed by atoms with van der Waals surface area (Å²) in [6.07, 6.45) is -1.73. The molecule has 3 aromatic rings. The van der Waals surface area contributed by atoms with Gasteiger partial charge in [0, 0.05) is 12.3 Å². The highest BCUT2D eigenvalue weighted by molar-refractivity contribution is 7.92. The largest absolute Gasteiger partial charge is 0.619 e. The van der Waals surface area contributed by atoms with E-state index in [1.807, 2.05) is 4.72 Å². The zero-order chi connectivity index (χ0) is 23.0. The molecule has 0 radical (unpaired) electrons. The Morgan fingerprint density at radius 2 is 1.87 bits per heavy atom. The maximum absolute atomic E-state index is 13.1. The molecule has 0 unspecified atom stereocenters. The summed E-state index contributed by atoms with van der Waals surface area (Å²) >= 11 is 11.4. The van der Waals surface area contributed by atoms with Gasteiger partial charge >= 0.3 is 6.18 Å². The highest BCUT2D eigenvalue weighted by atomic mass is 35.5. The smallest absolute Gasteiger partial charge is 0.417 e. The summed E-state index contributed by atoms with van der Waals surface area (Å²) in [5.74, 6) is -0.813. The summed E-state index contributed by atoms with van der Waals surface area (Å²) < 4.78 is 67.1. The molecule has 0 saturated heterocycles. The number of anilines is 1. The van der Waals surface area contributed by atoms with E-state index in [1.165, 1.54) is 12.1 Å². The van der Waals surface area contributed by atoms with Crippen LogP contribution in [0.3, 0.4) is 0 Å². The van der Waals surface area contributed by atoms with Crippen molar-refractivity contribution in [2.45, 2.75) is 11.1 Å². The van der Waals surface area contributed by atoms with E-state index < -0.39 is 43.2 Å². The Morgan fingerprint density at radius 1 is 1.16 bits per heavy atom. The van der Waals surface area contributed by atoms with Gasteiger partial charge in [-0.1, -0.05) is 23.2 Å². The Hall–Kier alpha value is -2.89. The van der Waals surface area contributed by atoms with Crippen molar-refractivity contribution in [3.8, 4) is 0 Å². The van der Waals surface area contributed by atoms with Crippen molar-refractivity contribution in [2.24, 2.45) is 0 Å². The number of nitrogens with one attached hydrogen (secondary N) is 1. The van der Waals surface area contributed by atoms with Crippen LogP contribution in [-0.4, -0.2) is 19.2 Å². The molecule has 0 atom stereocenters. The Bertz CT molecular complexity index is 1280. The average molecular weight is 492 g/mol. The summed E-state index contributed by atoms with van der Waals surface area (Å²) in [6, 6.07) is 5.69. The first kappa shape index (κ1) is 22.8. The van der Waals surface area contributed by atoms with Gasteiger partial charge < -0.3 is 5.21 Å². The molecular weight excluding hydrogens is 482 g/mol. The predicted molar refractivity (Wildman–Crippen MR) is 105 cm³/mol. The minimum Gasteiger partial charge on any atom is -0.619 e. The average Bonchev–Trinajstić information content (AvgIpc) is 2.66. The Kier molecular flexibility index (Phi) is 6.12. The van der Waals surface area contributed by atoms with Gasteiger partial charge in [-0.25, -0.2) is 13.4 Å². The lowest BCUT2D eigenvalue weighted by Gasteiger charge is -2.14. The summed E-state index contributed by atoms with van der Waals surface area (Å²) in [5, 5.41) is 10.7. The van der Waals surface area contributed by atoms with Gasteiger partial charge in [0.05, 0.1) is 31.8 Å². The fourth-order valence-corrected chi connectivity index (χ4v) is 3.98. The first-order valence-corrected chi connectivity index (χ1v) is 10.4. The minimum absolute atomic E-state index is 0.0479. The van der Waals surface area contributed by atoms with Crippen molar-refractivity contribution < 1.29 is 31.1 Å². The van der Waals surface area contributed by atoms with E-state index in [4.69, 9.17) is 23.2 Å². The molecule has 0 aliphatic carbocycles. The van der Waals surface area contributed by atoms with Crippen LogP contribution in [0.1, 0.15) is 21.6 Å². The Labute approximate surface area is 183 Å². The summed E-state index contributed by atoms with van der Waals surface area (Å²) in [4.78, 5) is 15.8. The Balaban J connectivity index is 2.05. The molecule has 0 spiro atoms. The quantitative estimate of drug-likeness (QED) is 0.329. The lowest BCUT2D eigenvalue weighted by Crippen LogP contribution is -2.26. The molecule has 0 fully saturated rings. The van der Waals surface area contributed by atoms with Gasteiger partial charge in [-0.3, -0.25) is 9.52 Å². The van der Waals surface area contributed by atoms with Gasteiger partial charge in [0.2, 0.25) is 5.78 Å². The predicted octanol–water partition coefficient (Wildman–Crippen LogP) is 4.07. The van der Waals surface area contributed by atoms with Gasteiger partial charge in [0.25, 0.3) is 10.0 Å². The molecule has 2 heterocycles. The molecule has 0 aliphatic heterocycles. The second-order valence-electron chi connectivity index (χ2n) is 6.08. The molecule has 0 saturated carbocycles. The fraction of sp³-hybridized carbons (Fsp3) is 0.0556. The van der Waals surface area contributed by atoms with Gasteiger partial charge in [0.15, 0.2) is 12.4 Å². The van der Waals surface area contributed by atoms with Crippen LogP contribution in [0.4, 0.5) is 18.9 Å². The highest BCUT2D eigenvalue weighted by Gasteiger charge is 2.34. The lowest BCUT2D eigenvalue weighted by molar-refractivity contribution is -0.605. The molecule has 2 aromatic heterocycles. The zero-order valence-corrected chi connectivity index (χ0v) is 17.3. The van der Waals surface area contributed by atoms with E-state index in [2.05, 4.69) is 4.98 Å². The number of halogens is 5. The maximum Gasteiger partial charge on any atom is 0.417 e. The summed E-state index contributed by atoms with van der Waals surface area (Å²) in [5.41, 5.74) is -2.24. The number of hydrogen-bond donors (Lipinski definition) is 1. The minimum atomic E-state index is -4.89. The van der Waals surface area contributed by atoms with Gasteiger partial charge in [-0.05, 0) is 30.3 Å². The standard InChI is InChI=1S/C18H10Cl2F3N3O4S/c19-11-6-15(16(24-8-11)17(27)10-2-1-5-26(28)9-10)25-31(29,30)12-3-4-14(20)13(7-12)18(21,22)23/h1-9,25H. The van der Waals surface area contributed by atoms with Gasteiger partial charge in [-0.2, -0.15) is 17.9 Å². The van der Waals surface area contributed by atoms with Crippen LogP contribution in [-0.2, 0) is 16.2 Å². The van der Waals surface area contributed by atoms with E-state index in [9.17, 15) is 31.6 Å². The molecule has 1 N–H and O–H groups in total. The number of ketones is 1. The number of sulfonamides is 1. The van der Waals surface area contributed by atoms with Crippen LogP contribution >= 0.6 is 23.2 Å². The van der Waals surface area contributed by atoms with Crippen molar-refractivity contribution in [1.29, 1.82) is 0 Å². The molecule has 13 heteroatoms. The molecule has 1 aromatic carbocycles. The number of benzene rings is 1. The van der Waals surface area contributed by atoms with Crippen molar-refractivity contribution in [1.82, 2.24) is 4.98 Å². The van der Waals surface area contributed by atoms with Crippen LogP contribution in [0.25, 0.3) is 0 Å². The molecule has 7 nitrogen and oxygen atoms in total. The molecular formula is C18H10Cl2F3N3O4S. The number of hydrogen-bond acceptors (Lipinski definition) is 5. The molecule has 3 rings (SSSR count). The maximum atomic E-state index is 13.1. The first-order chi connectivity index (χ1) is 14.4. The van der Waals surface area contributed by atoms with Gasteiger partial charge in [-0.15, -0.1) is 0 Å². The Morgan fingerprint density at radius 3 is 2.52 bits per heavy atom. The van der Waals surface area contributed by atoms with Crippen LogP contribution in [0.2, 0.25) is 10.0 Å². The van der Waals surface area contributed by atoms with Crippen molar-refractivity contribution >= 4 is 44.7 Å². The second kappa shape index (κ2) is 8.33. The summed E-state index contributed by atoms with van der Waals surface area (Å²) in [6.45, 7) is 0. The van der Waals surface area contributed by atoms with Crippen LogP contribution in [0.15, 0.2) is 59.9 Å². The van der Waals surface area contributed by atoms with Crippen LogP contribution in [0, 0.1) is 5.21 Å². The normalized spacial score (nSPS) is 11.9. The number of rotatable bonds is 5. The van der Waals surface area contributed by atoms with Crippen molar-refractivity contribution in [2.75, 3.05) is 4.72 Å². The summed E-state index contributed by atoms with van der Waals surface area (Å²) in [7, 11) is -4.60. The third-order valence-electron chi connectivity index (χ3n) is 3.90. The first-order valence-electron chi connectivity index (χ1n) is 8.17. The second-order valence-corrected chi connectivity index (χ2v) is 8.60. The number of carbonyl (C=O) groups is 1. The number of aromatic nitrogens is 2. The molecule has 162 valence electrons. The van der Waals surface area contributed by atoms with E-state index in [0.717, 1.165) is 36.8 Å². The number of carbonyl (C=O) groups excluding carboxylic acids is 1. The number of nitrogens with zero attached hydrogens (tertiary/aromatic N) is 2. The fourth-order valence-electron chi connectivity index (χ4n) is 2.52. The SMILES string of the molecule is O=C(c1ccc[n+]([O-])c1)c1ncc(Cl)cc1NS(=O)(=O)c1ccc(Cl)c(C(F)(F)F)c1. The van der Waals surface area contributed by atoms with Crippen molar-refractivity contribution in [3.05, 3.63) is 87.1 Å². The number of alkyl halides is 3. The zero-order valence-electron chi connectivity index (χ0n) is 15.0. The van der Waals surface area contributed by atoms with Gasteiger partial charge in [0.1, 0.15) is 5.69 Å². The van der Waals surface area contributed by atoms with E-state index in [1.54, 1.807) is 0 Å². The lowest BCUT2D eigenvalue weighted by atomic mass is 10.1. The van der Waals surface area contributed by atoms with Crippen LogP contribution in [0.5, 0.6) is 0 Å². The third-order valence-corrected chi connectivity index (χ3v) is 5.80.